The van der Waals surface area contributed by atoms with Crippen molar-refractivity contribution < 1.29 is 22.7 Å². The van der Waals surface area contributed by atoms with Gasteiger partial charge in [0.2, 0.25) is 0 Å². The van der Waals surface area contributed by atoms with Gasteiger partial charge in [0.25, 0.3) is 0 Å². The van der Waals surface area contributed by atoms with E-state index in [2.05, 4.69) is 9.72 Å². The first-order valence-electron chi connectivity index (χ1n) is 4.13. The zero-order valence-corrected chi connectivity index (χ0v) is 8.89. The lowest BCUT2D eigenvalue weighted by Gasteiger charge is -2.08. The van der Waals surface area contributed by atoms with Crippen LogP contribution >= 0.6 is 11.6 Å². The summed E-state index contributed by atoms with van der Waals surface area (Å²) < 4.78 is 41.4. The van der Waals surface area contributed by atoms with Crippen molar-refractivity contribution in [1.82, 2.24) is 4.98 Å². The van der Waals surface area contributed by atoms with Gasteiger partial charge in [0.15, 0.2) is 0 Å². The number of alkyl halides is 3. The Bertz CT molecular complexity index is 406. The van der Waals surface area contributed by atoms with Gasteiger partial charge in [-0.2, -0.15) is 13.2 Å². The molecule has 0 unspecified atom stereocenters. The summed E-state index contributed by atoms with van der Waals surface area (Å²) in [6.07, 6.45) is -4.86. The Morgan fingerprint density at radius 1 is 1.50 bits per heavy atom. The van der Waals surface area contributed by atoms with Gasteiger partial charge in [0, 0.05) is 0 Å². The second-order valence-electron chi connectivity index (χ2n) is 2.92. The van der Waals surface area contributed by atoms with E-state index in [-0.39, 0.29) is 17.3 Å². The molecule has 0 amide bonds. The minimum Gasteiger partial charge on any atom is -0.469 e. The van der Waals surface area contributed by atoms with E-state index in [0.29, 0.717) is 6.07 Å². The molecule has 1 aromatic heterocycles. The van der Waals surface area contributed by atoms with Gasteiger partial charge in [0.1, 0.15) is 5.15 Å². The summed E-state index contributed by atoms with van der Waals surface area (Å²) in [6.45, 7) is 0. The smallest absolute Gasteiger partial charge is 0.416 e. The molecule has 0 atom stereocenters. The monoisotopic (exact) mass is 253 g/mol. The molecule has 1 rings (SSSR count). The van der Waals surface area contributed by atoms with Crippen LogP contribution in [0.3, 0.4) is 0 Å². The van der Waals surface area contributed by atoms with Gasteiger partial charge < -0.3 is 4.74 Å². The standard InChI is InChI=1S/C9H7ClF3NO2/c1-16-8(15)4-6-2-5(9(11,12)13)3-7(10)14-6/h2-3H,4H2,1H3. The van der Waals surface area contributed by atoms with E-state index in [1.807, 2.05) is 0 Å². The summed E-state index contributed by atoms with van der Waals surface area (Å²) >= 11 is 5.42. The third-order valence-corrected chi connectivity index (χ3v) is 1.92. The van der Waals surface area contributed by atoms with Crippen molar-refractivity contribution in [3.05, 3.63) is 28.5 Å². The minimum absolute atomic E-state index is 0.0772. The highest BCUT2D eigenvalue weighted by molar-refractivity contribution is 6.29. The highest BCUT2D eigenvalue weighted by atomic mass is 35.5. The number of esters is 1. The highest BCUT2D eigenvalue weighted by Gasteiger charge is 2.31. The van der Waals surface area contributed by atoms with Crippen molar-refractivity contribution in [2.24, 2.45) is 0 Å². The molecule has 1 heterocycles. The lowest BCUT2D eigenvalue weighted by atomic mass is 10.2. The summed E-state index contributed by atoms with van der Waals surface area (Å²) in [4.78, 5) is 14.5. The van der Waals surface area contributed by atoms with Crippen LogP contribution in [0.2, 0.25) is 5.15 Å². The molecule has 0 aliphatic heterocycles. The van der Waals surface area contributed by atoms with Crippen molar-refractivity contribution in [3.63, 3.8) is 0 Å². The van der Waals surface area contributed by atoms with E-state index in [0.717, 1.165) is 13.2 Å². The number of pyridine rings is 1. The number of halogens is 4. The molecular formula is C9H7ClF3NO2. The Morgan fingerprint density at radius 3 is 2.62 bits per heavy atom. The molecule has 0 saturated heterocycles. The van der Waals surface area contributed by atoms with Gasteiger partial charge in [-0.25, -0.2) is 4.98 Å². The fraction of sp³-hybridized carbons (Fsp3) is 0.333. The lowest BCUT2D eigenvalue weighted by molar-refractivity contribution is -0.140. The van der Waals surface area contributed by atoms with Gasteiger partial charge in [-0.3, -0.25) is 4.79 Å². The second kappa shape index (κ2) is 4.69. The first-order chi connectivity index (χ1) is 7.32. The Kier molecular flexibility index (Phi) is 3.74. The third kappa shape index (κ3) is 3.37. The molecule has 1 aromatic rings. The predicted octanol–water partition coefficient (Wildman–Crippen LogP) is 2.47. The molecule has 7 heteroatoms. The molecular weight excluding hydrogens is 247 g/mol. The Morgan fingerprint density at radius 2 is 2.12 bits per heavy atom. The molecule has 0 radical (unpaired) electrons. The fourth-order valence-corrected chi connectivity index (χ4v) is 1.25. The molecule has 0 spiro atoms. The molecule has 0 aliphatic rings. The predicted molar refractivity (Wildman–Crippen MR) is 50.0 cm³/mol. The van der Waals surface area contributed by atoms with Crippen LogP contribution in [-0.2, 0) is 22.1 Å². The summed E-state index contributed by atoms with van der Waals surface area (Å²) in [6, 6.07) is 1.46. The fourth-order valence-electron chi connectivity index (χ4n) is 1.03. The molecule has 0 N–H and O–H groups in total. The summed E-state index contributed by atoms with van der Waals surface area (Å²) in [5.41, 5.74) is -1.02. The maximum atomic E-state index is 12.4. The maximum Gasteiger partial charge on any atom is 0.416 e. The van der Waals surface area contributed by atoms with Crippen LogP contribution in [0.5, 0.6) is 0 Å². The Balaban J connectivity index is 3.04. The maximum absolute atomic E-state index is 12.4. The number of rotatable bonds is 2. The molecule has 3 nitrogen and oxygen atoms in total. The number of hydrogen-bond acceptors (Lipinski definition) is 3. The van der Waals surface area contributed by atoms with Crippen molar-refractivity contribution in [1.29, 1.82) is 0 Å². The number of carbonyl (C=O) groups is 1. The van der Waals surface area contributed by atoms with Crippen molar-refractivity contribution in [2.75, 3.05) is 7.11 Å². The van der Waals surface area contributed by atoms with Crippen LogP contribution in [-0.4, -0.2) is 18.1 Å². The average molecular weight is 254 g/mol. The van der Waals surface area contributed by atoms with Crippen LogP contribution in [0.4, 0.5) is 13.2 Å². The number of carbonyl (C=O) groups excluding carboxylic acids is 1. The van der Waals surface area contributed by atoms with Crippen molar-refractivity contribution >= 4 is 17.6 Å². The number of nitrogens with zero attached hydrogens (tertiary/aromatic N) is 1. The van der Waals surface area contributed by atoms with Crippen molar-refractivity contribution in [2.45, 2.75) is 12.6 Å². The zero-order valence-electron chi connectivity index (χ0n) is 8.14. The highest BCUT2D eigenvalue weighted by Crippen LogP contribution is 2.30. The third-order valence-electron chi connectivity index (χ3n) is 1.73. The lowest BCUT2D eigenvalue weighted by Crippen LogP contribution is -2.10. The van der Waals surface area contributed by atoms with E-state index in [4.69, 9.17) is 11.6 Å². The molecule has 16 heavy (non-hydrogen) atoms. The van der Waals surface area contributed by atoms with E-state index in [1.54, 1.807) is 0 Å². The molecule has 0 saturated carbocycles. The van der Waals surface area contributed by atoms with Crippen LogP contribution in [0.25, 0.3) is 0 Å². The number of methoxy groups -OCH3 is 1. The van der Waals surface area contributed by atoms with E-state index in [1.165, 1.54) is 0 Å². The largest absolute Gasteiger partial charge is 0.469 e. The SMILES string of the molecule is COC(=O)Cc1cc(C(F)(F)F)cc(Cl)n1. The first-order valence-corrected chi connectivity index (χ1v) is 4.51. The van der Waals surface area contributed by atoms with Crippen molar-refractivity contribution in [3.8, 4) is 0 Å². The molecule has 0 aromatic carbocycles. The van der Waals surface area contributed by atoms with E-state index in [9.17, 15) is 18.0 Å². The summed E-state index contributed by atoms with van der Waals surface area (Å²) in [7, 11) is 1.14. The first kappa shape index (κ1) is 12.8. The summed E-state index contributed by atoms with van der Waals surface area (Å²) in [5.74, 6) is -0.678. The second-order valence-corrected chi connectivity index (χ2v) is 3.31. The van der Waals surface area contributed by atoms with Gasteiger partial charge >= 0.3 is 12.1 Å². The normalized spacial score (nSPS) is 11.3. The Labute approximate surface area is 94.2 Å². The minimum atomic E-state index is -4.52. The van der Waals surface area contributed by atoms with Crippen LogP contribution in [0.15, 0.2) is 12.1 Å². The Hall–Kier alpha value is -1.30. The van der Waals surface area contributed by atoms with Gasteiger partial charge in [-0.15, -0.1) is 0 Å². The van der Waals surface area contributed by atoms with Crippen LogP contribution in [0.1, 0.15) is 11.3 Å². The summed E-state index contributed by atoms with van der Waals surface area (Å²) in [5, 5.41) is -0.311. The van der Waals surface area contributed by atoms with Gasteiger partial charge in [0.05, 0.1) is 24.8 Å². The molecule has 0 fully saturated rings. The van der Waals surface area contributed by atoms with Crippen LogP contribution in [0, 0.1) is 0 Å². The van der Waals surface area contributed by atoms with E-state index < -0.39 is 17.7 Å². The quantitative estimate of drug-likeness (QED) is 0.600. The number of hydrogen-bond donors (Lipinski definition) is 0. The molecule has 0 bridgehead atoms. The molecule has 0 aliphatic carbocycles. The average Bonchev–Trinajstić information content (AvgIpc) is 2.15. The topological polar surface area (TPSA) is 39.2 Å². The van der Waals surface area contributed by atoms with Gasteiger partial charge in [-0.05, 0) is 12.1 Å². The van der Waals surface area contributed by atoms with Crippen LogP contribution < -0.4 is 0 Å². The van der Waals surface area contributed by atoms with Gasteiger partial charge in [-0.1, -0.05) is 11.6 Å². The molecule has 88 valence electrons. The zero-order chi connectivity index (χ0) is 12.3. The number of aromatic nitrogens is 1. The van der Waals surface area contributed by atoms with E-state index >= 15 is 0 Å². The number of ether oxygens (including phenoxy) is 1.